The molecule has 7 nitrogen and oxygen atoms in total. The third kappa shape index (κ3) is 4.79. The van der Waals surface area contributed by atoms with Gasteiger partial charge < -0.3 is 10.4 Å². The SMILES string of the molecule is CC(C)(CC(=O)Nc1cccc(S(=O)(=O)N2CCCCC2)c1)C(=O)O. The van der Waals surface area contributed by atoms with E-state index in [1.54, 1.807) is 12.1 Å². The van der Waals surface area contributed by atoms with Crippen molar-refractivity contribution >= 4 is 27.6 Å². The van der Waals surface area contributed by atoms with Crippen LogP contribution in [0.3, 0.4) is 0 Å². The van der Waals surface area contributed by atoms with E-state index < -0.39 is 27.3 Å². The van der Waals surface area contributed by atoms with Crippen LogP contribution in [-0.2, 0) is 19.6 Å². The van der Waals surface area contributed by atoms with Gasteiger partial charge in [0.15, 0.2) is 0 Å². The highest BCUT2D eigenvalue weighted by molar-refractivity contribution is 7.89. The van der Waals surface area contributed by atoms with Crippen LogP contribution in [0.25, 0.3) is 0 Å². The van der Waals surface area contributed by atoms with Crippen molar-refractivity contribution in [3.63, 3.8) is 0 Å². The predicted molar refractivity (Wildman–Crippen MR) is 93.7 cm³/mol. The monoisotopic (exact) mass is 368 g/mol. The number of sulfonamides is 1. The second-order valence-electron chi connectivity index (χ2n) is 6.91. The van der Waals surface area contributed by atoms with Crippen molar-refractivity contribution in [1.82, 2.24) is 4.31 Å². The van der Waals surface area contributed by atoms with Crippen LogP contribution in [0.2, 0.25) is 0 Å². The van der Waals surface area contributed by atoms with Crippen molar-refractivity contribution in [3.8, 4) is 0 Å². The van der Waals surface area contributed by atoms with Crippen molar-refractivity contribution in [2.75, 3.05) is 18.4 Å². The molecule has 1 amide bonds. The summed E-state index contributed by atoms with van der Waals surface area (Å²) in [5, 5.41) is 11.7. The first-order chi connectivity index (χ1) is 11.6. The van der Waals surface area contributed by atoms with Crippen LogP contribution in [0.15, 0.2) is 29.2 Å². The fourth-order valence-electron chi connectivity index (χ4n) is 2.67. The third-order valence-electron chi connectivity index (χ3n) is 4.25. The summed E-state index contributed by atoms with van der Waals surface area (Å²) in [6, 6.07) is 6.06. The van der Waals surface area contributed by atoms with Gasteiger partial charge in [-0.25, -0.2) is 8.42 Å². The number of aliphatic carboxylic acids is 1. The standard InChI is InChI=1S/C17H24N2O5S/c1-17(2,16(21)22)12-15(20)18-13-7-6-8-14(11-13)25(23,24)19-9-4-3-5-10-19/h6-8,11H,3-5,9-10,12H2,1-2H3,(H,18,20)(H,21,22). The van der Waals surface area contributed by atoms with E-state index in [1.165, 1.54) is 30.3 Å². The average Bonchev–Trinajstić information content (AvgIpc) is 2.55. The maximum absolute atomic E-state index is 12.7. The van der Waals surface area contributed by atoms with Gasteiger partial charge in [-0.1, -0.05) is 12.5 Å². The Hall–Kier alpha value is -1.93. The smallest absolute Gasteiger partial charge is 0.309 e. The Bertz CT molecular complexity index is 752. The van der Waals surface area contributed by atoms with Gasteiger partial charge in [0.05, 0.1) is 10.3 Å². The quantitative estimate of drug-likeness (QED) is 0.802. The van der Waals surface area contributed by atoms with Crippen molar-refractivity contribution < 1.29 is 23.1 Å². The number of benzene rings is 1. The Morgan fingerprint density at radius 1 is 1.20 bits per heavy atom. The van der Waals surface area contributed by atoms with Crippen molar-refractivity contribution in [2.45, 2.75) is 44.4 Å². The Kier molecular flexibility index (Phi) is 5.84. The third-order valence-corrected chi connectivity index (χ3v) is 6.15. The Balaban J connectivity index is 2.13. The zero-order valence-electron chi connectivity index (χ0n) is 14.5. The summed E-state index contributed by atoms with van der Waals surface area (Å²) < 4.78 is 26.8. The van der Waals surface area contributed by atoms with Gasteiger partial charge >= 0.3 is 5.97 Å². The van der Waals surface area contributed by atoms with Crippen LogP contribution in [0.4, 0.5) is 5.69 Å². The highest BCUT2D eigenvalue weighted by Gasteiger charge is 2.30. The molecule has 1 aromatic rings. The number of carbonyl (C=O) groups is 2. The summed E-state index contributed by atoms with van der Waals surface area (Å²) in [6.45, 7) is 3.94. The van der Waals surface area contributed by atoms with Crippen molar-refractivity contribution in [2.24, 2.45) is 5.41 Å². The number of nitrogens with one attached hydrogen (secondary N) is 1. The maximum atomic E-state index is 12.7. The number of carboxylic acids is 1. The fraction of sp³-hybridized carbons (Fsp3) is 0.529. The van der Waals surface area contributed by atoms with Gasteiger partial charge in [0.25, 0.3) is 0 Å². The van der Waals surface area contributed by atoms with Gasteiger partial charge in [0.1, 0.15) is 0 Å². The van der Waals surface area contributed by atoms with Crippen LogP contribution >= 0.6 is 0 Å². The van der Waals surface area contributed by atoms with Gasteiger partial charge in [0, 0.05) is 25.2 Å². The molecule has 0 atom stereocenters. The highest BCUT2D eigenvalue weighted by atomic mass is 32.2. The molecule has 0 unspecified atom stereocenters. The lowest BCUT2D eigenvalue weighted by Gasteiger charge is -2.26. The van der Waals surface area contributed by atoms with Crippen LogP contribution in [0.5, 0.6) is 0 Å². The Labute approximate surface area is 148 Å². The number of hydrogen-bond acceptors (Lipinski definition) is 4. The van der Waals surface area contributed by atoms with Crippen molar-refractivity contribution in [3.05, 3.63) is 24.3 Å². The Morgan fingerprint density at radius 3 is 2.44 bits per heavy atom. The number of piperidine rings is 1. The number of anilines is 1. The molecule has 0 bridgehead atoms. The van der Waals surface area contributed by atoms with Gasteiger partial charge in [0.2, 0.25) is 15.9 Å². The second kappa shape index (κ2) is 7.53. The molecule has 1 aliphatic rings. The first-order valence-electron chi connectivity index (χ1n) is 8.26. The number of rotatable bonds is 6. The molecule has 2 rings (SSSR count). The van der Waals surface area contributed by atoms with E-state index in [4.69, 9.17) is 5.11 Å². The summed E-state index contributed by atoms with van der Waals surface area (Å²) >= 11 is 0. The molecule has 1 aromatic carbocycles. The molecule has 0 radical (unpaired) electrons. The molecule has 0 aliphatic carbocycles. The average molecular weight is 368 g/mol. The molecule has 1 fully saturated rings. The van der Waals surface area contributed by atoms with E-state index in [2.05, 4.69) is 5.32 Å². The lowest BCUT2D eigenvalue weighted by atomic mass is 9.89. The lowest BCUT2D eigenvalue weighted by Crippen LogP contribution is -2.35. The van der Waals surface area contributed by atoms with Crippen LogP contribution in [0, 0.1) is 5.41 Å². The topological polar surface area (TPSA) is 104 Å². The minimum Gasteiger partial charge on any atom is -0.481 e. The van der Waals surface area contributed by atoms with E-state index in [9.17, 15) is 18.0 Å². The number of nitrogens with zero attached hydrogens (tertiary/aromatic N) is 1. The summed E-state index contributed by atoms with van der Waals surface area (Å²) in [4.78, 5) is 23.3. The zero-order valence-corrected chi connectivity index (χ0v) is 15.3. The fourth-order valence-corrected chi connectivity index (χ4v) is 4.23. The summed E-state index contributed by atoms with van der Waals surface area (Å²) in [7, 11) is -3.58. The highest BCUT2D eigenvalue weighted by Crippen LogP contribution is 2.24. The normalized spacial score (nSPS) is 16.4. The van der Waals surface area contributed by atoms with Crippen LogP contribution in [0.1, 0.15) is 39.5 Å². The first kappa shape index (κ1) is 19.4. The van der Waals surface area contributed by atoms with E-state index in [0.29, 0.717) is 18.8 Å². The molecule has 2 N–H and O–H groups in total. The molecular weight excluding hydrogens is 344 g/mol. The van der Waals surface area contributed by atoms with Gasteiger partial charge in [-0.2, -0.15) is 4.31 Å². The van der Waals surface area contributed by atoms with Gasteiger partial charge in [-0.05, 0) is 44.9 Å². The maximum Gasteiger partial charge on any atom is 0.309 e. The van der Waals surface area contributed by atoms with Gasteiger partial charge in [-0.3, -0.25) is 9.59 Å². The number of carbonyl (C=O) groups excluding carboxylic acids is 1. The zero-order chi connectivity index (χ0) is 18.7. The number of amides is 1. The van der Waals surface area contributed by atoms with Crippen molar-refractivity contribution in [1.29, 1.82) is 0 Å². The minimum atomic E-state index is -3.58. The summed E-state index contributed by atoms with van der Waals surface area (Å²) in [6.07, 6.45) is 2.52. The largest absolute Gasteiger partial charge is 0.481 e. The van der Waals surface area contributed by atoms with Crippen LogP contribution < -0.4 is 5.32 Å². The van der Waals surface area contributed by atoms with Gasteiger partial charge in [-0.15, -0.1) is 0 Å². The van der Waals surface area contributed by atoms with E-state index >= 15 is 0 Å². The van der Waals surface area contributed by atoms with E-state index in [-0.39, 0.29) is 11.3 Å². The molecule has 0 aromatic heterocycles. The van der Waals surface area contributed by atoms with E-state index in [0.717, 1.165) is 19.3 Å². The molecule has 1 aliphatic heterocycles. The minimum absolute atomic E-state index is 0.129. The molecule has 1 saturated heterocycles. The molecule has 0 spiro atoms. The number of carboxylic acid groups (broad SMARTS) is 1. The Morgan fingerprint density at radius 2 is 1.84 bits per heavy atom. The predicted octanol–water partition coefficient (Wildman–Crippen LogP) is 2.30. The molecular formula is C17H24N2O5S. The first-order valence-corrected chi connectivity index (χ1v) is 9.70. The van der Waals surface area contributed by atoms with Crippen LogP contribution in [-0.4, -0.2) is 42.8 Å². The van der Waals surface area contributed by atoms with E-state index in [1.807, 2.05) is 0 Å². The molecule has 0 saturated carbocycles. The second-order valence-corrected chi connectivity index (χ2v) is 8.84. The molecule has 138 valence electrons. The lowest BCUT2D eigenvalue weighted by molar-refractivity contribution is -0.148. The summed E-state index contributed by atoms with van der Waals surface area (Å²) in [5.74, 6) is -1.54. The molecule has 25 heavy (non-hydrogen) atoms. The summed E-state index contributed by atoms with van der Waals surface area (Å²) in [5.41, 5.74) is -0.856. The molecule has 8 heteroatoms. The number of hydrogen-bond donors (Lipinski definition) is 2. The molecule has 1 heterocycles.